The van der Waals surface area contributed by atoms with Crippen LogP contribution >= 0.6 is 11.3 Å². The Labute approximate surface area is 229 Å². The molecule has 1 N–H and O–H groups in total. The number of fused-ring (bicyclic) bond motifs is 12. The van der Waals surface area contributed by atoms with Crippen molar-refractivity contribution in [2.75, 3.05) is 0 Å². The van der Waals surface area contributed by atoms with Gasteiger partial charge in [0.1, 0.15) is 11.3 Å². The van der Waals surface area contributed by atoms with Crippen LogP contribution in [0.3, 0.4) is 0 Å². The number of H-pyrrole nitrogens is 1. The number of hydrogen-bond acceptors (Lipinski definition) is 5. The van der Waals surface area contributed by atoms with E-state index in [-0.39, 0.29) is 0 Å². The number of nitrogens with one attached hydrogen (secondary N) is 1. The third-order valence-electron chi connectivity index (χ3n) is 8.14. The molecular formula is C33H27N5S. The van der Waals surface area contributed by atoms with E-state index in [9.17, 15) is 0 Å². The fourth-order valence-corrected chi connectivity index (χ4v) is 6.98. The van der Waals surface area contributed by atoms with Crippen molar-refractivity contribution in [3.8, 4) is 11.1 Å². The Hall–Kier alpha value is -4.16. The van der Waals surface area contributed by atoms with Crippen molar-refractivity contribution in [1.29, 1.82) is 0 Å². The van der Waals surface area contributed by atoms with Crippen molar-refractivity contribution in [1.82, 2.24) is 19.9 Å². The van der Waals surface area contributed by atoms with Gasteiger partial charge in [-0.2, -0.15) is 0 Å². The molecule has 190 valence electrons. The van der Waals surface area contributed by atoms with Crippen LogP contribution in [0, 0.1) is 5.92 Å². The first-order valence-corrected chi connectivity index (χ1v) is 14.5. The van der Waals surface area contributed by atoms with Crippen molar-refractivity contribution >= 4 is 76.4 Å². The molecule has 0 saturated carbocycles. The fourth-order valence-electron chi connectivity index (χ4n) is 6.05. The Bertz CT molecular complexity index is 2160. The van der Waals surface area contributed by atoms with E-state index < -0.39 is 0 Å². The highest BCUT2D eigenvalue weighted by atomic mass is 32.1. The van der Waals surface area contributed by atoms with Crippen LogP contribution < -0.4 is 0 Å². The monoisotopic (exact) mass is 525 g/mol. The van der Waals surface area contributed by atoms with Gasteiger partial charge in [0.15, 0.2) is 0 Å². The molecule has 0 saturated heterocycles. The summed E-state index contributed by atoms with van der Waals surface area (Å²) in [5.74, 6) is 1.72. The Balaban J connectivity index is 1.36. The lowest BCUT2D eigenvalue weighted by atomic mass is 9.93. The summed E-state index contributed by atoms with van der Waals surface area (Å²) in [7, 11) is 0. The lowest BCUT2D eigenvalue weighted by Crippen LogP contribution is -2.06. The van der Waals surface area contributed by atoms with Crippen LogP contribution in [0.15, 0.2) is 65.2 Å². The zero-order valence-corrected chi connectivity index (χ0v) is 23.1. The highest BCUT2D eigenvalue weighted by molar-refractivity contribution is 7.18. The van der Waals surface area contributed by atoms with Gasteiger partial charge in [-0.25, -0.2) is 4.98 Å². The minimum Gasteiger partial charge on any atom is -0.340 e. The third kappa shape index (κ3) is 3.24. The fraction of sp³-hybridized carbons (Fsp3) is 0.212. The molecule has 4 aromatic carbocycles. The molecule has 0 amide bonds. The molecule has 0 unspecified atom stereocenters. The molecule has 0 aliphatic carbocycles. The maximum absolute atomic E-state index is 5.08. The van der Waals surface area contributed by atoms with Crippen molar-refractivity contribution < 1.29 is 0 Å². The van der Waals surface area contributed by atoms with E-state index in [0.29, 0.717) is 11.8 Å². The van der Waals surface area contributed by atoms with E-state index in [2.05, 4.69) is 80.5 Å². The van der Waals surface area contributed by atoms with Gasteiger partial charge < -0.3 is 4.98 Å². The average Bonchev–Trinajstić information content (AvgIpc) is 3.71. The number of aromatic amines is 1. The van der Waals surface area contributed by atoms with E-state index in [4.69, 9.17) is 19.9 Å². The van der Waals surface area contributed by atoms with Crippen LogP contribution in [0.25, 0.3) is 64.8 Å². The number of hydrogen-bond donors (Lipinski definition) is 1. The van der Waals surface area contributed by atoms with Crippen LogP contribution in [0.4, 0.5) is 5.69 Å². The average molecular weight is 526 g/mol. The maximum Gasteiger partial charge on any atom is 0.115 e. The molecule has 0 atom stereocenters. The van der Waals surface area contributed by atoms with E-state index in [1.807, 2.05) is 11.3 Å². The van der Waals surface area contributed by atoms with Crippen molar-refractivity contribution in [3.63, 3.8) is 0 Å². The Morgan fingerprint density at radius 2 is 1.49 bits per heavy atom. The number of nitrogens with zero attached hydrogens (tertiary/aromatic N) is 4. The first kappa shape index (κ1) is 22.8. The van der Waals surface area contributed by atoms with E-state index in [1.54, 1.807) is 12.4 Å². The number of aliphatic imine (C=N–C) groups is 1. The number of thiophene rings is 1. The van der Waals surface area contributed by atoms with Crippen LogP contribution in [-0.4, -0.2) is 25.6 Å². The van der Waals surface area contributed by atoms with Gasteiger partial charge in [-0.3, -0.25) is 15.0 Å². The minimum atomic E-state index is 0.300. The summed E-state index contributed by atoms with van der Waals surface area (Å²) in [5.41, 5.74) is 9.88. The molecule has 7 aromatic rings. The zero-order chi connectivity index (χ0) is 26.4. The predicted molar refractivity (Wildman–Crippen MR) is 165 cm³/mol. The summed E-state index contributed by atoms with van der Waals surface area (Å²) in [6, 6.07) is 15.8. The van der Waals surface area contributed by atoms with Gasteiger partial charge in [-0.05, 0) is 51.6 Å². The molecule has 0 spiro atoms. The molecular weight excluding hydrogens is 498 g/mol. The van der Waals surface area contributed by atoms with Gasteiger partial charge in [0.25, 0.3) is 0 Å². The van der Waals surface area contributed by atoms with Crippen molar-refractivity contribution in [2.45, 2.75) is 40.0 Å². The van der Waals surface area contributed by atoms with Crippen LogP contribution in [0.5, 0.6) is 0 Å². The maximum atomic E-state index is 5.08. The number of aromatic nitrogens is 4. The number of benzene rings is 4. The van der Waals surface area contributed by atoms with Gasteiger partial charge in [0.05, 0.1) is 22.2 Å². The van der Waals surface area contributed by atoms with Gasteiger partial charge in [0, 0.05) is 56.7 Å². The summed E-state index contributed by atoms with van der Waals surface area (Å²) >= 11 is 1.81. The smallest absolute Gasteiger partial charge is 0.115 e. The molecule has 0 radical (unpaired) electrons. The molecule has 0 bridgehead atoms. The first-order valence-electron chi connectivity index (χ1n) is 13.6. The molecule has 6 heteroatoms. The third-order valence-corrected chi connectivity index (χ3v) is 9.09. The quantitative estimate of drug-likeness (QED) is 0.234. The molecule has 4 heterocycles. The summed E-state index contributed by atoms with van der Waals surface area (Å²) in [6.45, 7) is 8.79. The molecule has 1 aliphatic heterocycles. The zero-order valence-electron chi connectivity index (χ0n) is 22.3. The second-order valence-corrected chi connectivity index (χ2v) is 12.1. The molecule has 8 rings (SSSR count). The normalized spacial score (nSPS) is 13.6. The predicted octanol–water partition coefficient (Wildman–Crippen LogP) is 9.10. The lowest BCUT2D eigenvalue weighted by Gasteiger charge is -2.11. The van der Waals surface area contributed by atoms with Gasteiger partial charge in [0.2, 0.25) is 0 Å². The SMILES string of the molecule is CC(C)C1=Nc2c(c3ccc(-c4ccc5c(c4)c4nccnc4c4[nH]c(C(C)C)nc54)cc3c3sccc23)C1. The van der Waals surface area contributed by atoms with Crippen LogP contribution in [0.2, 0.25) is 0 Å². The molecule has 5 nitrogen and oxygen atoms in total. The van der Waals surface area contributed by atoms with Crippen LogP contribution in [0.1, 0.15) is 45.0 Å². The Morgan fingerprint density at radius 3 is 2.26 bits per heavy atom. The number of imidazole rings is 1. The van der Waals surface area contributed by atoms with Gasteiger partial charge in [-0.1, -0.05) is 52.0 Å². The summed E-state index contributed by atoms with van der Waals surface area (Å²) in [5, 5.41) is 8.28. The van der Waals surface area contributed by atoms with Gasteiger partial charge in [-0.15, -0.1) is 11.3 Å². The lowest BCUT2D eigenvalue weighted by molar-refractivity contribution is 0.799. The highest BCUT2D eigenvalue weighted by Crippen LogP contribution is 2.45. The summed E-state index contributed by atoms with van der Waals surface area (Å²) < 4.78 is 1.32. The van der Waals surface area contributed by atoms with E-state index >= 15 is 0 Å². The van der Waals surface area contributed by atoms with Crippen molar-refractivity contribution in [3.05, 3.63) is 71.6 Å². The summed E-state index contributed by atoms with van der Waals surface area (Å²) in [4.78, 5) is 23.1. The minimum absolute atomic E-state index is 0.300. The van der Waals surface area contributed by atoms with Gasteiger partial charge >= 0.3 is 0 Å². The largest absolute Gasteiger partial charge is 0.340 e. The second-order valence-electron chi connectivity index (χ2n) is 11.2. The standard InChI is InChI=1S/C33H27N5S/c1-16(2)26-15-24-20-7-5-19(14-25(20)32-22(9-12-39-32)27(24)36-26)18-6-8-21-23(13-18)28-30(35-11-10-34-28)31-29(21)37-33(38-31)17(3)4/h5-14,16-17H,15H2,1-4H3,(H,37,38). The van der Waals surface area contributed by atoms with E-state index in [1.165, 1.54) is 48.9 Å². The highest BCUT2D eigenvalue weighted by Gasteiger charge is 2.24. The topological polar surface area (TPSA) is 66.8 Å². The first-order chi connectivity index (χ1) is 19.0. The van der Waals surface area contributed by atoms with Crippen molar-refractivity contribution in [2.24, 2.45) is 10.9 Å². The molecule has 1 aliphatic rings. The van der Waals surface area contributed by atoms with E-state index in [0.717, 1.165) is 45.1 Å². The molecule has 39 heavy (non-hydrogen) atoms. The Kier molecular flexibility index (Phi) is 4.77. The second kappa shape index (κ2) is 8.17. The van der Waals surface area contributed by atoms with Crippen LogP contribution in [-0.2, 0) is 6.42 Å². The Morgan fingerprint density at radius 1 is 0.744 bits per heavy atom. The molecule has 3 aromatic heterocycles. The number of rotatable bonds is 3. The summed E-state index contributed by atoms with van der Waals surface area (Å²) in [6.07, 6.45) is 4.47. The molecule has 0 fully saturated rings.